The summed E-state index contributed by atoms with van der Waals surface area (Å²) in [5.41, 5.74) is 0.352. The van der Waals surface area contributed by atoms with Gasteiger partial charge in [0.05, 0.1) is 5.02 Å². The van der Waals surface area contributed by atoms with Crippen LogP contribution in [0, 0.1) is 0 Å². The number of primary sulfonamides is 1. The van der Waals surface area contributed by atoms with E-state index in [4.69, 9.17) is 16.7 Å². The van der Waals surface area contributed by atoms with Crippen molar-refractivity contribution in [2.24, 2.45) is 10.2 Å². The zero-order valence-corrected chi connectivity index (χ0v) is 9.66. The summed E-state index contributed by atoms with van der Waals surface area (Å²) in [6.45, 7) is 0. The van der Waals surface area contributed by atoms with Crippen molar-refractivity contribution in [3.63, 3.8) is 0 Å². The van der Waals surface area contributed by atoms with E-state index in [9.17, 15) is 8.42 Å². The highest BCUT2D eigenvalue weighted by atomic mass is 35.5. The SMILES string of the molecule is NS(=O)(=O)C1=NNSc2cccc(Cl)c21. The number of sulfonamides is 1. The number of benzene rings is 1. The minimum absolute atomic E-state index is 0.234. The number of fused-ring (bicyclic) bond motifs is 1. The predicted octanol–water partition coefficient (Wildman–Crippen LogP) is 0.900. The Labute approximate surface area is 95.9 Å². The lowest BCUT2D eigenvalue weighted by molar-refractivity contribution is 0.608. The zero-order valence-electron chi connectivity index (χ0n) is 7.27. The summed E-state index contributed by atoms with van der Waals surface area (Å²) < 4.78 is 22.5. The summed E-state index contributed by atoms with van der Waals surface area (Å²) >= 11 is 7.08. The van der Waals surface area contributed by atoms with Crippen molar-refractivity contribution in [1.29, 1.82) is 0 Å². The minimum atomic E-state index is -3.87. The fourth-order valence-corrected chi connectivity index (χ4v) is 3.04. The van der Waals surface area contributed by atoms with Gasteiger partial charge in [-0.15, -0.1) is 0 Å². The molecule has 0 amide bonds. The molecule has 15 heavy (non-hydrogen) atoms. The lowest BCUT2D eigenvalue weighted by atomic mass is 10.2. The maximum absolute atomic E-state index is 11.2. The Kier molecular flexibility index (Phi) is 2.63. The molecule has 0 aliphatic carbocycles. The number of nitrogens with two attached hydrogens (primary N) is 1. The largest absolute Gasteiger partial charge is 0.258 e. The molecular weight excluding hydrogens is 258 g/mol. The van der Waals surface area contributed by atoms with Gasteiger partial charge in [-0.05, 0) is 12.1 Å². The average molecular weight is 264 g/mol. The van der Waals surface area contributed by atoms with E-state index in [0.29, 0.717) is 15.5 Å². The van der Waals surface area contributed by atoms with Gasteiger partial charge in [-0.3, -0.25) is 0 Å². The minimum Gasteiger partial charge on any atom is -0.246 e. The van der Waals surface area contributed by atoms with Crippen molar-refractivity contribution in [3.8, 4) is 0 Å². The summed E-state index contributed by atoms with van der Waals surface area (Å²) in [5.74, 6) is 0. The summed E-state index contributed by atoms with van der Waals surface area (Å²) in [4.78, 5) is 3.19. The summed E-state index contributed by atoms with van der Waals surface area (Å²) in [6, 6.07) is 5.05. The summed E-state index contributed by atoms with van der Waals surface area (Å²) in [6.07, 6.45) is 0. The molecule has 0 saturated heterocycles. The van der Waals surface area contributed by atoms with Crippen molar-refractivity contribution >= 4 is 38.6 Å². The van der Waals surface area contributed by atoms with E-state index in [1.807, 2.05) is 0 Å². The van der Waals surface area contributed by atoms with Crippen LogP contribution in [0.4, 0.5) is 0 Å². The van der Waals surface area contributed by atoms with E-state index in [0.717, 1.165) is 0 Å². The monoisotopic (exact) mass is 263 g/mol. The molecule has 80 valence electrons. The first-order valence-electron chi connectivity index (χ1n) is 3.81. The Hall–Kier alpha value is -0.760. The molecule has 0 fully saturated rings. The molecule has 0 saturated carbocycles. The lowest BCUT2D eigenvalue weighted by Crippen LogP contribution is -2.28. The number of nitrogens with zero attached hydrogens (tertiary/aromatic N) is 1. The van der Waals surface area contributed by atoms with Gasteiger partial charge in [0, 0.05) is 22.4 Å². The van der Waals surface area contributed by atoms with Crippen molar-refractivity contribution in [2.45, 2.75) is 4.90 Å². The molecule has 3 N–H and O–H groups in total. The number of nitrogens with one attached hydrogen (secondary N) is 1. The number of hydrogen-bond donors (Lipinski definition) is 2. The predicted molar refractivity (Wildman–Crippen MR) is 60.1 cm³/mol. The lowest BCUT2D eigenvalue weighted by Gasteiger charge is -2.15. The molecule has 2 rings (SSSR count). The average Bonchev–Trinajstić information content (AvgIpc) is 2.16. The third kappa shape index (κ3) is 1.96. The third-order valence-electron chi connectivity index (χ3n) is 1.76. The van der Waals surface area contributed by atoms with E-state index in [1.165, 1.54) is 11.9 Å². The molecule has 5 nitrogen and oxygen atoms in total. The van der Waals surface area contributed by atoms with Crippen molar-refractivity contribution < 1.29 is 8.42 Å². The summed E-state index contributed by atoms with van der Waals surface area (Å²) in [5, 5.41) is 8.74. The van der Waals surface area contributed by atoms with E-state index in [1.54, 1.807) is 18.2 Å². The fraction of sp³-hybridized carbons (Fsp3) is 0. The molecule has 8 heteroatoms. The van der Waals surface area contributed by atoms with E-state index < -0.39 is 10.0 Å². The number of rotatable bonds is 0. The molecule has 0 spiro atoms. The number of hydrazone groups is 1. The van der Waals surface area contributed by atoms with E-state index in [2.05, 4.69) is 9.93 Å². The smallest absolute Gasteiger partial charge is 0.246 e. The van der Waals surface area contributed by atoms with Crippen LogP contribution < -0.4 is 9.97 Å². The Balaban J connectivity index is 2.70. The molecule has 1 aromatic rings. The van der Waals surface area contributed by atoms with Gasteiger partial charge >= 0.3 is 0 Å². The molecule has 0 radical (unpaired) electrons. The molecule has 0 bridgehead atoms. The zero-order chi connectivity index (χ0) is 11.1. The normalized spacial score (nSPS) is 15.2. The van der Waals surface area contributed by atoms with E-state index in [-0.39, 0.29) is 5.04 Å². The van der Waals surface area contributed by atoms with Gasteiger partial charge in [-0.25, -0.2) is 18.4 Å². The van der Waals surface area contributed by atoms with Crippen molar-refractivity contribution in [1.82, 2.24) is 4.83 Å². The second kappa shape index (κ2) is 3.67. The molecular formula is C7H6ClN3O2S2. The Morgan fingerprint density at radius 3 is 2.87 bits per heavy atom. The first kappa shape index (κ1) is 10.7. The number of hydrogen-bond acceptors (Lipinski definition) is 5. The quantitative estimate of drug-likeness (QED) is 0.681. The van der Waals surface area contributed by atoms with Crippen molar-refractivity contribution in [3.05, 3.63) is 28.8 Å². The van der Waals surface area contributed by atoms with Crippen LogP contribution in [-0.4, -0.2) is 13.5 Å². The highest BCUT2D eigenvalue weighted by Crippen LogP contribution is 2.31. The second-order valence-corrected chi connectivity index (χ2v) is 5.48. The Bertz CT molecular complexity index is 541. The maximum atomic E-state index is 11.2. The van der Waals surface area contributed by atoms with Gasteiger partial charge in [0.1, 0.15) is 0 Å². The van der Waals surface area contributed by atoms with E-state index >= 15 is 0 Å². The van der Waals surface area contributed by atoms with Gasteiger partial charge in [0.2, 0.25) is 5.04 Å². The topological polar surface area (TPSA) is 84.6 Å². The standard InChI is InChI=1S/C7H6ClN3O2S2/c8-4-2-1-3-5-6(4)7(10-11-14-5)15(9,12)13/h1-3,11H,(H2,9,12,13). The molecule has 1 heterocycles. The Morgan fingerprint density at radius 2 is 2.20 bits per heavy atom. The summed E-state index contributed by atoms with van der Waals surface area (Å²) in [7, 11) is -3.87. The molecule has 0 unspecified atom stereocenters. The second-order valence-electron chi connectivity index (χ2n) is 2.77. The highest BCUT2D eigenvalue weighted by molar-refractivity contribution is 8.05. The van der Waals surface area contributed by atoms with Crippen LogP contribution >= 0.6 is 23.5 Å². The Morgan fingerprint density at radius 1 is 1.47 bits per heavy atom. The van der Waals surface area contributed by atoms with Crippen LogP contribution in [0.1, 0.15) is 5.56 Å². The first-order chi connectivity index (χ1) is 7.00. The third-order valence-corrected chi connectivity index (χ3v) is 3.65. The van der Waals surface area contributed by atoms with Crippen LogP contribution in [0.3, 0.4) is 0 Å². The van der Waals surface area contributed by atoms with Crippen LogP contribution in [-0.2, 0) is 10.0 Å². The highest BCUT2D eigenvalue weighted by Gasteiger charge is 2.26. The van der Waals surface area contributed by atoms with Gasteiger partial charge in [0.25, 0.3) is 10.0 Å². The van der Waals surface area contributed by atoms with Gasteiger partial charge < -0.3 is 0 Å². The maximum Gasteiger partial charge on any atom is 0.258 e. The molecule has 1 aliphatic heterocycles. The van der Waals surface area contributed by atoms with Crippen LogP contribution in [0.15, 0.2) is 28.2 Å². The molecule has 1 aromatic carbocycles. The van der Waals surface area contributed by atoms with Gasteiger partial charge in [0.15, 0.2) is 0 Å². The van der Waals surface area contributed by atoms with Gasteiger partial charge in [-0.1, -0.05) is 17.7 Å². The molecule has 1 aliphatic rings. The van der Waals surface area contributed by atoms with Gasteiger partial charge in [-0.2, -0.15) is 5.10 Å². The molecule has 0 atom stereocenters. The van der Waals surface area contributed by atoms with Crippen LogP contribution in [0.25, 0.3) is 0 Å². The van der Waals surface area contributed by atoms with Crippen molar-refractivity contribution in [2.75, 3.05) is 0 Å². The fourth-order valence-electron chi connectivity index (χ4n) is 1.17. The first-order valence-corrected chi connectivity index (χ1v) is 6.55. The van der Waals surface area contributed by atoms with Crippen LogP contribution in [0.5, 0.6) is 0 Å². The number of halogens is 1. The molecule has 0 aromatic heterocycles. The van der Waals surface area contributed by atoms with Crippen LogP contribution in [0.2, 0.25) is 5.02 Å².